The Morgan fingerprint density at radius 1 is 0.786 bits per heavy atom. The van der Waals surface area contributed by atoms with Crippen LogP contribution in [0.4, 0.5) is 11.4 Å². The van der Waals surface area contributed by atoms with Gasteiger partial charge in [0, 0.05) is 6.54 Å². The molecule has 146 valence electrons. The van der Waals surface area contributed by atoms with Gasteiger partial charge in [-0.05, 0) is 49.9 Å². The van der Waals surface area contributed by atoms with Crippen molar-refractivity contribution in [3.05, 3.63) is 94.5 Å². The summed E-state index contributed by atoms with van der Waals surface area (Å²) < 4.78 is 0. The van der Waals surface area contributed by atoms with Gasteiger partial charge in [0.05, 0.1) is 24.0 Å². The molecule has 0 spiro atoms. The molecule has 0 unspecified atom stereocenters. The molecule has 3 N–H and O–H groups in total. The number of aliphatic hydroxyl groups is 1. The number of nitrogens with one attached hydrogen (secondary N) is 2. The van der Waals surface area contributed by atoms with Gasteiger partial charge < -0.3 is 15.7 Å². The molecule has 0 heterocycles. The summed E-state index contributed by atoms with van der Waals surface area (Å²) in [5, 5.41) is 17.0. The minimum Gasteiger partial charge on any atom is -0.394 e. The van der Waals surface area contributed by atoms with Crippen molar-refractivity contribution in [2.45, 2.75) is 39.8 Å². The lowest BCUT2D eigenvalue weighted by molar-refractivity contribution is 0.273. The lowest BCUT2D eigenvalue weighted by atomic mass is 10.0. The lowest BCUT2D eigenvalue weighted by Gasteiger charge is -2.22. The average Bonchev–Trinajstić information content (AvgIpc) is 2.70. The van der Waals surface area contributed by atoms with Crippen LogP contribution in [0.2, 0.25) is 0 Å². The van der Waals surface area contributed by atoms with E-state index < -0.39 is 0 Å². The highest BCUT2D eigenvalue weighted by Crippen LogP contribution is 2.27. The van der Waals surface area contributed by atoms with E-state index in [1.165, 1.54) is 22.3 Å². The second-order valence-corrected chi connectivity index (χ2v) is 7.55. The number of rotatable bonds is 8. The topological polar surface area (TPSA) is 44.3 Å². The van der Waals surface area contributed by atoms with Crippen LogP contribution >= 0.6 is 0 Å². The van der Waals surface area contributed by atoms with Crippen LogP contribution in [0.1, 0.15) is 27.8 Å². The van der Waals surface area contributed by atoms with Crippen LogP contribution in [0.15, 0.2) is 66.7 Å². The fraction of sp³-hybridized carbons (Fsp3) is 0.280. The van der Waals surface area contributed by atoms with Gasteiger partial charge in [-0.2, -0.15) is 0 Å². The number of aryl methyl sites for hydroxylation is 3. The first-order chi connectivity index (χ1) is 13.5. The van der Waals surface area contributed by atoms with Crippen molar-refractivity contribution in [1.82, 2.24) is 0 Å². The molecule has 3 heteroatoms. The molecule has 0 aliphatic carbocycles. The summed E-state index contributed by atoms with van der Waals surface area (Å²) >= 11 is 0. The number of benzene rings is 3. The lowest BCUT2D eigenvalue weighted by Crippen LogP contribution is -2.27. The molecular weight excluding hydrogens is 344 g/mol. The number of para-hydroxylation sites is 1. The molecule has 0 radical (unpaired) electrons. The van der Waals surface area contributed by atoms with Crippen molar-refractivity contribution >= 4 is 11.4 Å². The first kappa shape index (κ1) is 20.0. The summed E-state index contributed by atoms with van der Waals surface area (Å²) in [4.78, 5) is 0. The Balaban J connectivity index is 1.72. The number of hydrogen-bond acceptors (Lipinski definition) is 3. The molecule has 0 saturated heterocycles. The maximum Gasteiger partial charge on any atom is 0.0636 e. The fourth-order valence-electron chi connectivity index (χ4n) is 3.28. The van der Waals surface area contributed by atoms with Crippen molar-refractivity contribution in [3.63, 3.8) is 0 Å². The van der Waals surface area contributed by atoms with E-state index in [0.29, 0.717) is 0 Å². The van der Waals surface area contributed by atoms with Crippen LogP contribution in [-0.2, 0) is 13.0 Å². The Bertz CT molecular complexity index is 885. The standard InChI is InChI=1S/C25H30N2O/c1-18-7-11-21(12-8-18)15-23(17-28)27-25-20(3)5-4-6-24(25)26-16-22-13-9-19(2)10-14-22/h4-14,23,26-28H,15-17H2,1-3H3/t23-/m0/s1. The van der Waals surface area contributed by atoms with Crippen molar-refractivity contribution in [3.8, 4) is 0 Å². The van der Waals surface area contributed by atoms with E-state index in [9.17, 15) is 5.11 Å². The molecule has 0 amide bonds. The maximum atomic E-state index is 9.94. The Morgan fingerprint density at radius 2 is 1.39 bits per heavy atom. The second kappa shape index (κ2) is 9.43. The predicted octanol–water partition coefficient (Wildman–Crippen LogP) is 5.24. The van der Waals surface area contributed by atoms with Gasteiger partial charge in [0.25, 0.3) is 0 Å². The summed E-state index contributed by atoms with van der Waals surface area (Å²) in [7, 11) is 0. The minimum absolute atomic E-state index is 0.0382. The molecule has 28 heavy (non-hydrogen) atoms. The second-order valence-electron chi connectivity index (χ2n) is 7.55. The van der Waals surface area contributed by atoms with E-state index in [0.717, 1.165) is 29.9 Å². The van der Waals surface area contributed by atoms with Gasteiger partial charge in [0.15, 0.2) is 0 Å². The van der Waals surface area contributed by atoms with E-state index in [-0.39, 0.29) is 12.6 Å². The van der Waals surface area contributed by atoms with Gasteiger partial charge in [-0.3, -0.25) is 0 Å². The highest BCUT2D eigenvalue weighted by molar-refractivity contribution is 5.72. The Labute approximate surface area is 168 Å². The van der Waals surface area contributed by atoms with Gasteiger partial charge in [-0.25, -0.2) is 0 Å². The monoisotopic (exact) mass is 374 g/mol. The Hall–Kier alpha value is -2.78. The molecule has 1 atom stereocenters. The summed E-state index contributed by atoms with van der Waals surface area (Å²) in [5.41, 5.74) is 8.26. The van der Waals surface area contributed by atoms with Crippen molar-refractivity contribution < 1.29 is 5.11 Å². The SMILES string of the molecule is Cc1ccc(CNc2cccc(C)c2N[C@H](CO)Cc2ccc(C)cc2)cc1. The molecule has 3 aromatic carbocycles. The van der Waals surface area contributed by atoms with Gasteiger partial charge in [-0.1, -0.05) is 71.8 Å². The summed E-state index contributed by atoms with van der Waals surface area (Å²) in [6, 6.07) is 23.3. The first-order valence-electron chi connectivity index (χ1n) is 9.87. The molecule has 3 rings (SSSR count). The first-order valence-corrected chi connectivity index (χ1v) is 9.87. The van der Waals surface area contributed by atoms with Crippen LogP contribution < -0.4 is 10.6 Å². The van der Waals surface area contributed by atoms with E-state index >= 15 is 0 Å². The third-order valence-electron chi connectivity index (χ3n) is 5.05. The van der Waals surface area contributed by atoms with Crippen LogP contribution in [0.5, 0.6) is 0 Å². The van der Waals surface area contributed by atoms with E-state index in [1.807, 2.05) is 0 Å². The van der Waals surface area contributed by atoms with Gasteiger partial charge >= 0.3 is 0 Å². The molecule has 3 nitrogen and oxygen atoms in total. The molecule has 3 aromatic rings. The number of anilines is 2. The molecule has 0 bridgehead atoms. The summed E-state index contributed by atoms with van der Waals surface area (Å²) in [6.45, 7) is 7.13. The maximum absolute atomic E-state index is 9.94. The minimum atomic E-state index is -0.0382. The summed E-state index contributed by atoms with van der Waals surface area (Å²) in [6.07, 6.45) is 0.780. The van der Waals surface area contributed by atoms with E-state index in [4.69, 9.17) is 0 Å². The van der Waals surface area contributed by atoms with E-state index in [1.54, 1.807) is 0 Å². The highest BCUT2D eigenvalue weighted by atomic mass is 16.3. The molecule has 0 aliphatic rings. The van der Waals surface area contributed by atoms with Gasteiger partial charge in [0.2, 0.25) is 0 Å². The number of aliphatic hydroxyl groups excluding tert-OH is 1. The molecular formula is C25H30N2O. The van der Waals surface area contributed by atoms with Gasteiger partial charge in [0.1, 0.15) is 0 Å². The Morgan fingerprint density at radius 3 is 2.00 bits per heavy atom. The summed E-state index contributed by atoms with van der Waals surface area (Å²) in [5.74, 6) is 0. The molecule has 0 aromatic heterocycles. The highest BCUT2D eigenvalue weighted by Gasteiger charge is 2.13. The zero-order chi connectivity index (χ0) is 19.9. The average molecular weight is 375 g/mol. The predicted molar refractivity (Wildman–Crippen MR) is 119 cm³/mol. The molecule has 0 aliphatic heterocycles. The van der Waals surface area contributed by atoms with E-state index in [2.05, 4.69) is 98.1 Å². The third kappa shape index (κ3) is 5.37. The van der Waals surface area contributed by atoms with Crippen LogP contribution in [0, 0.1) is 20.8 Å². The Kier molecular flexibility index (Phi) is 6.72. The van der Waals surface area contributed by atoms with Crippen molar-refractivity contribution in [2.75, 3.05) is 17.2 Å². The van der Waals surface area contributed by atoms with Crippen LogP contribution in [0.3, 0.4) is 0 Å². The zero-order valence-corrected chi connectivity index (χ0v) is 17.0. The third-order valence-corrected chi connectivity index (χ3v) is 5.05. The normalized spacial score (nSPS) is 11.9. The van der Waals surface area contributed by atoms with Crippen molar-refractivity contribution in [2.24, 2.45) is 0 Å². The quantitative estimate of drug-likeness (QED) is 0.505. The van der Waals surface area contributed by atoms with Gasteiger partial charge in [-0.15, -0.1) is 0 Å². The zero-order valence-electron chi connectivity index (χ0n) is 17.0. The fourth-order valence-corrected chi connectivity index (χ4v) is 3.28. The van der Waals surface area contributed by atoms with Crippen LogP contribution in [-0.4, -0.2) is 17.8 Å². The number of hydrogen-bond donors (Lipinski definition) is 3. The molecule has 0 fully saturated rings. The van der Waals surface area contributed by atoms with Crippen LogP contribution in [0.25, 0.3) is 0 Å². The largest absolute Gasteiger partial charge is 0.394 e. The smallest absolute Gasteiger partial charge is 0.0636 e. The molecule has 0 saturated carbocycles. The van der Waals surface area contributed by atoms with Crippen molar-refractivity contribution in [1.29, 1.82) is 0 Å².